The van der Waals surface area contributed by atoms with Crippen LogP contribution in [0.5, 0.6) is 0 Å². The fourth-order valence-electron chi connectivity index (χ4n) is 5.58. The van der Waals surface area contributed by atoms with Gasteiger partial charge in [0, 0.05) is 0 Å². The van der Waals surface area contributed by atoms with Crippen molar-refractivity contribution in [3.05, 3.63) is 152 Å². The molecule has 0 bridgehead atoms. The largest absolute Gasteiger partial charge is 0.466 e. The molecule has 0 unspecified atom stereocenters. The van der Waals surface area contributed by atoms with Crippen molar-refractivity contribution < 1.29 is 9.53 Å². The predicted octanol–water partition coefficient (Wildman–Crippen LogP) is 6.85. The maximum atomic E-state index is 11.6. The van der Waals surface area contributed by atoms with Crippen molar-refractivity contribution in [2.75, 3.05) is 12.9 Å². The van der Waals surface area contributed by atoms with E-state index >= 15 is 0 Å². The number of hydrogen-bond donors (Lipinski definition) is 0. The minimum absolute atomic E-state index is 0.175. The first kappa shape index (κ1) is 30.0. The third-order valence-corrected chi connectivity index (χ3v) is 9.85. The SMILES string of the molecule is CCCC[B-](c1ccccc1)(c1ccccc1)c1ccccc1.COC(=O)C[S+](c1ccccc1)c1ccccc1. The van der Waals surface area contributed by atoms with Gasteiger partial charge in [0.15, 0.2) is 9.79 Å². The van der Waals surface area contributed by atoms with Crippen LogP contribution in [0.1, 0.15) is 19.8 Å². The highest BCUT2D eigenvalue weighted by Gasteiger charge is 2.29. The second-order valence-corrected chi connectivity index (χ2v) is 12.2. The van der Waals surface area contributed by atoms with Gasteiger partial charge in [0.05, 0.1) is 24.2 Å². The van der Waals surface area contributed by atoms with Crippen LogP contribution in [0.15, 0.2) is 161 Å². The van der Waals surface area contributed by atoms with Gasteiger partial charge in [-0.3, -0.25) is 0 Å². The molecule has 0 spiro atoms. The summed E-state index contributed by atoms with van der Waals surface area (Å²) in [5.41, 5.74) is 4.33. The Morgan fingerprint density at radius 1 is 0.585 bits per heavy atom. The van der Waals surface area contributed by atoms with Crippen LogP contribution in [-0.4, -0.2) is 25.0 Å². The number of ether oxygens (including phenoxy) is 1. The molecule has 0 atom stereocenters. The van der Waals surface area contributed by atoms with Gasteiger partial charge in [-0.1, -0.05) is 147 Å². The lowest BCUT2D eigenvalue weighted by Gasteiger charge is -2.43. The molecule has 208 valence electrons. The number of methoxy groups -OCH3 is 1. The van der Waals surface area contributed by atoms with Crippen molar-refractivity contribution in [2.24, 2.45) is 0 Å². The Balaban J connectivity index is 0.000000195. The van der Waals surface area contributed by atoms with Crippen LogP contribution in [0.3, 0.4) is 0 Å². The van der Waals surface area contributed by atoms with Crippen LogP contribution in [0, 0.1) is 0 Å². The zero-order chi connectivity index (χ0) is 28.8. The zero-order valence-electron chi connectivity index (χ0n) is 24.1. The molecule has 41 heavy (non-hydrogen) atoms. The molecule has 0 aromatic heterocycles. The molecule has 5 rings (SSSR count). The van der Waals surface area contributed by atoms with Gasteiger partial charge >= 0.3 is 5.97 Å². The van der Waals surface area contributed by atoms with E-state index in [4.69, 9.17) is 4.74 Å². The van der Waals surface area contributed by atoms with Crippen LogP contribution in [-0.2, 0) is 20.4 Å². The molecule has 5 aromatic carbocycles. The van der Waals surface area contributed by atoms with Crippen molar-refractivity contribution >= 4 is 39.4 Å². The van der Waals surface area contributed by atoms with Crippen LogP contribution in [0.25, 0.3) is 0 Å². The minimum atomic E-state index is -0.913. The summed E-state index contributed by atoms with van der Waals surface area (Å²) < 4.78 is 4.79. The van der Waals surface area contributed by atoms with Gasteiger partial charge in [0.1, 0.15) is 0 Å². The topological polar surface area (TPSA) is 26.3 Å². The Hall–Kier alpha value is -4.02. The van der Waals surface area contributed by atoms with E-state index in [1.165, 1.54) is 42.7 Å². The molecule has 0 aliphatic carbocycles. The molecule has 5 aromatic rings. The molecular formula is C37H39BO2S. The highest BCUT2D eigenvalue weighted by molar-refractivity contribution is 7.97. The number of hydrogen-bond acceptors (Lipinski definition) is 2. The van der Waals surface area contributed by atoms with Crippen LogP contribution < -0.4 is 16.4 Å². The lowest BCUT2D eigenvalue weighted by molar-refractivity contribution is -0.137. The van der Waals surface area contributed by atoms with E-state index in [2.05, 4.69) is 122 Å². The number of rotatable bonds is 10. The van der Waals surface area contributed by atoms with Crippen LogP contribution in [0.4, 0.5) is 0 Å². The first-order chi connectivity index (χ1) is 20.2. The fourth-order valence-corrected chi connectivity index (χ4v) is 7.51. The molecule has 4 heteroatoms. The first-order valence-electron chi connectivity index (χ1n) is 14.4. The zero-order valence-corrected chi connectivity index (χ0v) is 24.9. The van der Waals surface area contributed by atoms with Crippen molar-refractivity contribution in [1.29, 1.82) is 0 Å². The van der Waals surface area contributed by atoms with E-state index in [1.54, 1.807) is 0 Å². The molecular weight excluding hydrogens is 519 g/mol. The van der Waals surface area contributed by atoms with E-state index in [0.29, 0.717) is 5.75 Å². The second-order valence-electron chi connectivity index (χ2n) is 10.2. The third kappa shape index (κ3) is 7.80. The molecule has 0 saturated carbocycles. The van der Waals surface area contributed by atoms with Gasteiger partial charge in [-0.15, -0.1) is 0 Å². The van der Waals surface area contributed by atoms with Crippen LogP contribution in [0.2, 0.25) is 6.32 Å². The summed E-state index contributed by atoms with van der Waals surface area (Å²) in [4.78, 5) is 13.9. The van der Waals surface area contributed by atoms with Gasteiger partial charge < -0.3 is 4.74 Å². The molecule has 0 heterocycles. The molecule has 0 aliphatic rings. The fraction of sp³-hybridized carbons (Fsp3) is 0.162. The molecule has 0 fully saturated rings. The van der Waals surface area contributed by atoms with Crippen molar-refractivity contribution in [1.82, 2.24) is 0 Å². The second kappa shape index (κ2) is 15.7. The van der Waals surface area contributed by atoms with Crippen molar-refractivity contribution in [3.8, 4) is 0 Å². The number of carbonyl (C=O) groups excluding carboxylic acids is 1. The normalized spacial score (nSPS) is 10.9. The van der Waals surface area contributed by atoms with Gasteiger partial charge in [0.2, 0.25) is 5.75 Å². The lowest BCUT2D eigenvalue weighted by atomic mass is 9.14. The van der Waals surface area contributed by atoms with E-state index in [9.17, 15) is 4.79 Å². The van der Waals surface area contributed by atoms with Gasteiger partial charge in [0.25, 0.3) is 0 Å². The molecule has 0 amide bonds. The Kier molecular flexibility index (Phi) is 11.5. The maximum Gasteiger partial charge on any atom is 0.356 e. The quantitative estimate of drug-likeness (QED) is 0.106. The number of unbranched alkanes of at least 4 members (excludes halogenated alkanes) is 1. The summed E-state index contributed by atoms with van der Waals surface area (Å²) in [5.74, 6) is 0.218. The summed E-state index contributed by atoms with van der Waals surface area (Å²) in [6.45, 7) is 2.28. The van der Waals surface area contributed by atoms with E-state index in [0.717, 1.165) is 9.79 Å². The predicted molar refractivity (Wildman–Crippen MR) is 177 cm³/mol. The minimum Gasteiger partial charge on any atom is -0.466 e. The third-order valence-electron chi connectivity index (χ3n) is 7.64. The van der Waals surface area contributed by atoms with Gasteiger partial charge in [-0.25, -0.2) is 4.79 Å². The van der Waals surface area contributed by atoms with Crippen LogP contribution >= 0.6 is 0 Å². The highest BCUT2D eigenvalue weighted by atomic mass is 32.2. The molecule has 0 aliphatic heterocycles. The van der Waals surface area contributed by atoms with Gasteiger partial charge in [-0.2, -0.15) is 22.7 Å². The Bertz CT molecular complexity index is 1290. The van der Waals surface area contributed by atoms with E-state index in [1.807, 2.05) is 36.4 Å². The molecule has 0 saturated heterocycles. The summed E-state index contributed by atoms with van der Waals surface area (Å²) in [7, 11) is 1.17. The maximum absolute atomic E-state index is 11.6. The summed E-state index contributed by atoms with van der Waals surface area (Å²) in [6, 6.07) is 53.3. The smallest absolute Gasteiger partial charge is 0.356 e. The standard InChI is InChI=1S/C22H24B.C15H15O2S/c1-2-3-19-23(20-13-7-4-8-14-20,21-15-9-5-10-16-21)22-17-11-6-12-18-22;1-17-15(16)12-18(13-8-4-2-5-9-13)14-10-6-3-7-11-14/h4-18H,2-3,19H2,1H3;2-11H,12H2,1H3/q-1;+1. The molecule has 2 nitrogen and oxygen atoms in total. The number of benzene rings is 5. The van der Waals surface area contributed by atoms with Crippen molar-refractivity contribution in [2.45, 2.75) is 35.9 Å². The molecule has 0 radical (unpaired) electrons. The van der Waals surface area contributed by atoms with Gasteiger partial charge in [-0.05, 0) is 24.3 Å². The summed E-state index contributed by atoms with van der Waals surface area (Å²) in [5, 5.41) is 0. The van der Waals surface area contributed by atoms with E-state index in [-0.39, 0.29) is 16.9 Å². The Morgan fingerprint density at radius 3 is 1.24 bits per heavy atom. The number of esters is 1. The average molecular weight is 559 g/mol. The Morgan fingerprint density at radius 2 is 0.927 bits per heavy atom. The summed E-state index contributed by atoms with van der Waals surface area (Å²) >= 11 is 0. The average Bonchev–Trinajstić information content (AvgIpc) is 3.06. The summed E-state index contributed by atoms with van der Waals surface area (Å²) in [6.07, 6.45) is 2.73. The molecule has 0 N–H and O–H groups in total. The van der Waals surface area contributed by atoms with Crippen molar-refractivity contribution in [3.63, 3.8) is 0 Å². The Labute approximate surface area is 248 Å². The number of carbonyl (C=O) groups is 1. The first-order valence-corrected chi connectivity index (χ1v) is 15.8. The monoisotopic (exact) mass is 558 g/mol. The lowest BCUT2D eigenvalue weighted by Crippen LogP contribution is -2.66. The van der Waals surface area contributed by atoms with E-state index < -0.39 is 6.15 Å². The highest BCUT2D eigenvalue weighted by Crippen LogP contribution is 2.23.